The van der Waals surface area contributed by atoms with Crippen LogP contribution in [0, 0.1) is 11.7 Å². The van der Waals surface area contributed by atoms with Gasteiger partial charge < -0.3 is 15.2 Å². The van der Waals surface area contributed by atoms with Gasteiger partial charge >= 0.3 is 12.1 Å². The molecule has 3 rings (SSSR count). The summed E-state index contributed by atoms with van der Waals surface area (Å²) >= 11 is 0. The number of carboxylic acids is 1. The zero-order chi connectivity index (χ0) is 22.5. The van der Waals surface area contributed by atoms with E-state index in [0.29, 0.717) is 6.61 Å². The standard InChI is InChI=1S/C18H25FN2O2.C2HF3O2/c1-12(2)20-18(22)14-9-16-17(10-14)23-8-7-21(16)11-13-3-5-15(19)6-4-13;3-2(4,5)1(6)7/h3-6,12,14,16-17H,7-11H2,1-2H3,(H,20,22);(H,6,7)/t14-,16+,17+;/m0./s1. The number of rotatable bonds is 4. The lowest BCUT2D eigenvalue weighted by atomic mass is 10.1. The number of benzene rings is 1. The molecule has 1 saturated carbocycles. The normalized spacial score (nSPS) is 24.0. The van der Waals surface area contributed by atoms with E-state index in [1.54, 1.807) is 0 Å². The van der Waals surface area contributed by atoms with Crippen molar-refractivity contribution < 1.29 is 37.0 Å². The predicted molar refractivity (Wildman–Crippen MR) is 100 cm³/mol. The molecular formula is C20H26F4N2O4. The van der Waals surface area contributed by atoms with E-state index in [0.717, 1.165) is 31.5 Å². The minimum absolute atomic E-state index is 0.0289. The Bertz CT molecular complexity index is 725. The summed E-state index contributed by atoms with van der Waals surface area (Å²) in [5.74, 6) is -2.80. The zero-order valence-corrected chi connectivity index (χ0v) is 16.8. The van der Waals surface area contributed by atoms with E-state index in [4.69, 9.17) is 14.6 Å². The number of aliphatic carboxylic acids is 1. The summed E-state index contributed by atoms with van der Waals surface area (Å²) in [7, 11) is 0. The molecule has 0 aromatic heterocycles. The zero-order valence-electron chi connectivity index (χ0n) is 16.8. The molecule has 1 saturated heterocycles. The Morgan fingerprint density at radius 1 is 1.23 bits per heavy atom. The number of carbonyl (C=O) groups excluding carboxylic acids is 1. The fraction of sp³-hybridized carbons (Fsp3) is 0.600. The topological polar surface area (TPSA) is 78.9 Å². The van der Waals surface area contributed by atoms with Gasteiger partial charge in [0, 0.05) is 31.1 Å². The highest BCUT2D eigenvalue weighted by molar-refractivity contribution is 5.79. The van der Waals surface area contributed by atoms with Crippen molar-refractivity contribution in [3.63, 3.8) is 0 Å². The largest absolute Gasteiger partial charge is 0.490 e. The predicted octanol–water partition coefficient (Wildman–Crippen LogP) is 2.96. The van der Waals surface area contributed by atoms with Crippen LogP contribution in [0.15, 0.2) is 24.3 Å². The minimum atomic E-state index is -5.08. The van der Waals surface area contributed by atoms with Gasteiger partial charge in [0.05, 0.1) is 12.7 Å². The SMILES string of the molecule is CC(C)NC(=O)[C@H]1C[C@@H]2[C@@H](C1)OCCN2Cc1ccc(F)cc1.O=C(O)C(F)(F)F. The lowest BCUT2D eigenvalue weighted by Gasteiger charge is -2.37. The van der Waals surface area contributed by atoms with Gasteiger partial charge in [0.15, 0.2) is 0 Å². The van der Waals surface area contributed by atoms with E-state index in [-0.39, 0.29) is 35.8 Å². The number of amides is 1. The van der Waals surface area contributed by atoms with Crippen molar-refractivity contribution in [2.75, 3.05) is 13.2 Å². The van der Waals surface area contributed by atoms with Gasteiger partial charge in [-0.2, -0.15) is 13.2 Å². The summed E-state index contributed by atoms with van der Waals surface area (Å²) in [4.78, 5) is 23.5. The third kappa shape index (κ3) is 6.94. The molecule has 1 aromatic rings. The van der Waals surface area contributed by atoms with Crippen molar-refractivity contribution in [3.05, 3.63) is 35.6 Å². The second-order valence-corrected chi connectivity index (χ2v) is 7.71. The van der Waals surface area contributed by atoms with Crippen molar-refractivity contribution in [3.8, 4) is 0 Å². The Kier molecular flexibility index (Phi) is 8.19. The summed E-state index contributed by atoms with van der Waals surface area (Å²) in [5.41, 5.74) is 1.10. The van der Waals surface area contributed by atoms with Crippen LogP contribution in [0.5, 0.6) is 0 Å². The Hall–Kier alpha value is -2.20. The van der Waals surface area contributed by atoms with Crippen LogP contribution in [0.1, 0.15) is 32.3 Å². The van der Waals surface area contributed by atoms with E-state index in [1.165, 1.54) is 12.1 Å². The maximum atomic E-state index is 13.0. The first-order valence-electron chi connectivity index (χ1n) is 9.68. The van der Waals surface area contributed by atoms with E-state index >= 15 is 0 Å². The van der Waals surface area contributed by atoms with E-state index in [2.05, 4.69) is 10.2 Å². The summed E-state index contributed by atoms with van der Waals surface area (Å²) in [5, 5.41) is 10.1. The van der Waals surface area contributed by atoms with Gasteiger partial charge in [-0.25, -0.2) is 9.18 Å². The molecule has 1 amide bonds. The van der Waals surface area contributed by atoms with Crippen LogP contribution >= 0.6 is 0 Å². The molecule has 6 nitrogen and oxygen atoms in total. The van der Waals surface area contributed by atoms with Crippen LogP contribution in [0.4, 0.5) is 17.6 Å². The second-order valence-electron chi connectivity index (χ2n) is 7.71. The van der Waals surface area contributed by atoms with Crippen molar-refractivity contribution in [2.45, 2.75) is 57.6 Å². The summed E-state index contributed by atoms with van der Waals surface area (Å²) < 4.78 is 50.7. The molecule has 0 bridgehead atoms. The number of carboxylic acid groups (broad SMARTS) is 1. The molecule has 2 aliphatic rings. The smallest absolute Gasteiger partial charge is 0.475 e. The van der Waals surface area contributed by atoms with E-state index in [1.807, 2.05) is 26.0 Å². The highest BCUT2D eigenvalue weighted by Gasteiger charge is 2.43. The Morgan fingerprint density at radius 2 is 1.83 bits per heavy atom. The maximum Gasteiger partial charge on any atom is 0.490 e. The molecular weight excluding hydrogens is 408 g/mol. The minimum Gasteiger partial charge on any atom is -0.475 e. The van der Waals surface area contributed by atoms with E-state index < -0.39 is 12.1 Å². The Labute approximate surface area is 172 Å². The molecule has 0 unspecified atom stereocenters. The first-order chi connectivity index (χ1) is 14.0. The number of ether oxygens (including phenoxy) is 1. The third-order valence-electron chi connectivity index (χ3n) is 4.99. The highest BCUT2D eigenvalue weighted by atomic mass is 19.4. The Morgan fingerprint density at radius 3 is 2.37 bits per heavy atom. The quantitative estimate of drug-likeness (QED) is 0.713. The fourth-order valence-corrected chi connectivity index (χ4v) is 3.66. The van der Waals surface area contributed by atoms with Gasteiger partial charge in [0.25, 0.3) is 0 Å². The van der Waals surface area contributed by atoms with Crippen molar-refractivity contribution in [1.29, 1.82) is 0 Å². The molecule has 1 aliphatic heterocycles. The van der Waals surface area contributed by atoms with Gasteiger partial charge in [-0.3, -0.25) is 9.69 Å². The lowest BCUT2D eigenvalue weighted by Crippen LogP contribution is -2.47. The number of fused-ring (bicyclic) bond motifs is 1. The van der Waals surface area contributed by atoms with E-state index in [9.17, 15) is 22.4 Å². The van der Waals surface area contributed by atoms with Crippen LogP contribution in [0.25, 0.3) is 0 Å². The molecule has 1 aliphatic carbocycles. The van der Waals surface area contributed by atoms with Gasteiger partial charge in [-0.05, 0) is 44.4 Å². The fourth-order valence-electron chi connectivity index (χ4n) is 3.66. The number of hydrogen-bond donors (Lipinski definition) is 2. The molecule has 0 spiro atoms. The average molecular weight is 434 g/mol. The molecule has 2 fully saturated rings. The molecule has 10 heteroatoms. The van der Waals surface area contributed by atoms with Gasteiger partial charge in [0.1, 0.15) is 5.82 Å². The summed E-state index contributed by atoms with van der Waals surface area (Å²) in [6, 6.07) is 7.11. The van der Waals surface area contributed by atoms with Crippen LogP contribution in [0.2, 0.25) is 0 Å². The number of morpholine rings is 1. The number of halogens is 4. The third-order valence-corrected chi connectivity index (χ3v) is 4.99. The molecule has 0 radical (unpaired) electrons. The average Bonchev–Trinajstić information content (AvgIpc) is 3.08. The van der Waals surface area contributed by atoms with Crippen molar-refractivity contribution >= 4 is 11.9 Å². The second kappa shape index (κ2) is 10.2. The molecule has 2 N–H and O–H groups in total. The monoisotopic (exact) mass is 434 g/mol. The first-order valence-corrected chi connectivity index (χ1v) is 9.68. The summed E-state index contributed by atoms with van der Waals surface area (Å²) in [6.45, 7) is 6.30. The van der Waals surface area contributed by atoms with Gasteiger partial charge in [0.2, 0.25) is 5.91 Å². The number of carbonyl (C=O) groups is 2. The van der Waals surface area contributed by atoms with Crippen LogP contribution in [0.3, 0.4) is 0 Å². The molecule has 30 heavy (non-hydrogen) atoms. The van der Waals surface area contributed by atoms with Crippen LogP contribution in [-0.4, -0.2) is 59.4 Å². The Balaban J connectivity index is 0.000000396. The molecule has 3 atom stereocenters. The lowest BCUT2D eigenvalue weighted by molar-refractivity contribution is -0.192. The highest BCUT2D eigenvalue weighted by Crippen LogP contribution is 2.35. The number of alkyl halides is 3. The first kappa shape index (κ1) is 24.1. The number of nitrogens with zero attached hydrogens (tertiary/aromatic N) is 1. The molecule has 1 aromatic carbocycles. The van der Waals surface area contributed by atoms with Crippen molar-refractivity contribution in [2.24, 2.45) is 5.92 Å². The number of hydrogen-bond acceptors (Lipinski definition) is 4. The van der Waals surface area contributed by atoms with Gasteiger partial charge in [-0.1, -0.05) is 12.1 Å². The maximum absolute atomic E-state index is 13.0. The van der Waals surface area contributed by atoms with Crippen LogP contribution < -0.4 is 5.32 Å². The van der Waals surface area contributed by atoms with Crippen LogP contribution in [-0.2, 0) is 20.9 Å². The van der Waals surface area contributed by atoms with Gasteiger partial charge in [-0.15, -0.1) is 0 Å². The molecule has 168 valence electrons. The van der Waals surface area contributed by atoms with Crippen molar-refractivity contribution in [1.82, 2.24) is 10.2 Å². The molecule has 1 heterocycles. The number of nitrogens with one attached hydrogen (secondary N) is 1. The summed E-state index contributed by atoms with van der Waals surface area (Å²) in [6.07, 6.45) is -3.32.